The molecule has 1 amide bonds. The minimum atomic E-state index is 0. The third-order valence-electron chi connectivity index (χ3n) is 3.88. The molecule has 3 N–H and O–H groups in total. The highest BCUT2D eigenvalue weighted by molar-refractivity contribution is 14.0. The first-order valence-electron chi connectivity index (χ1n) is 8.07. The van der Waals surface area contributed by atoms with E-state index < -0.39 is 0 Å². The molecule has 5 nitrogen and oxygen atoms in total. The van der Waals surface area contributed by atoms with Crippen LogP contribution >= 0.6 is 24.0 Å². The van der Waals surface area contributed by atoms with E-state index in [1.54, 1.807) is 0 Å². The molecule has 0 spiro atoms. The summed E-state index contributed by atoms with van der Waals surface area (Å²) in [5, 5.41) is 9.68. The standard InChI is InChI=1S/C15H28N4O.HI/c1-3-5-12-10-13(12)19-15(16-4-2)18-9-8-17-14(20)11-6-7-11;/h11-13H,3-10H2,1-2H3,(H,17,20)(H2,16,18,19);1H. The van der Waals surface area contributed by atoms with Gasteiger partial charge in [-0.2, -0.15) is 0 Å². The molecule has 2 saturated carbocycles. The van der Waals surface area contributed by atoms with Crippen LogP contribution in [0.1, 0.15) is 46.0 Å². The molecule has 0 radical (unpaired) electrons. The Kier molecular flexibility index (Phi) is 8.36. The van der Waals surface area contributed by atoms with Gasteiger partial charge in [0.15, 0.2) is 5.96 Å². The van der Waals surface area contributed by atoms with Gasteiger partial charge in [0, 0.05) is 25.0 Å². The van der Waals surface area contributed by atoms with Crippen LogP contribution in [-0.4, -0.2) is 37.5 Å². The van der Waals surface area contributed by atoms with Gasteiger partial charge in [0.1, 0.15) is 0 Å². The number of hydrogen-bond donors (Lipinski definition) is 3. The maximum atomic E-state index is 11.5. The largest absolute Gasteiger partial charge is 0.357 e. The summed E-state index contributed by atoms with van der Waals surface area (Å²) in [6, 6.07) is 0.591. The van der Waals surface area contributed by atoms with E-state index in [0.29, 0.717) is 19.1 Å². The number of amides is 1. The van der Waals surface area contributed by atoms with E-state index >= 15 is 0 Å². The highest BCUT2D eigenvalue weighted by Gasteiger charge is 2.36. The second-order valence-corrected chi connectivity index (χ2v) is 5.86. The third kappa shape index (κ3) is 6.84. The molecule has 2 aliphatic rings. The van der Waals surface area contributed by atoms with Gasteiger partial charge in [-0.1, -0.05) is 13.3 Å². The SMILES string of the molecule is CCCC1CC1NC(=NCCNC(=O)C1CC1)NCC.I. The summed E-state index contributed by atoms with van der Waals surface area (Å²) in [6.45, 7) is 6.44. The summed E-state index contributed by atoms with van der Waals surface area (Å²) in [5.74, 6) is 2.19. The number of aliphatic imine (C=N–C) groups is 1. The van der Waals surface area contributed by atoms with Crippen LogP contribution in [0.3, 0.4) is 0 Å². The van der Waals surface area contributed by atoms with Gasteiger partial charge >= 0.3 is 0 Å². The molecular formula is C15H29IN4O. The molecule has 0 saturated heterocycles. The molecule has 0 aromatic rings. The number of nitrogens with zero attached hydrogens (tertiary/aromatic N) is 1. The van der Waals surface area contributed by atoms with E-state index in [1.807, 2.05) is 0 Å². The Morgan fingerprint density at radius 1 is 1.24 bits per heavy atom. The summed E-state index contributed by atoms with van der Waals surface area (Å²) >= 11 is 0. The van der Waals surface area contributed by atoms with Gasteiger partial charge in [-0.15, -0.1) is 24.0 Å². The lowest BCUT2D eigenvalue weighted by Gasteiger charge is -2.11. The maximum absolute atomic E-state index is 11.5. The number of carbonyl (C=O) groups excluding carboxylic acids is 1. The Labute approximate surface area is 145 Å². The molecule has 21 heavy (non-hydrogen) atoms. The van der Waals surface area contributed by atoms with Crippen LogP contribution in [0.25, 0.3) is 0 Å². The summed E-state index contributed by atoms with van der Waals surface area (Å²) in [7, 11) is 0. The predicted molar refractivity (Wildman–Crippen MR) is 97.1 cm³/mol. The highest BCUT2D eigenvalue weighted by Crippen LogP contribution is 2.34. The molecule has 0 heterocycles. The number of hydrogen-bond acceptors (Lipinski definition) is 2. The second-order valence-electron chi connectivity index (χ2n) is 5.86. The van der Waals surface area contributed by atoms with Crippen molar-refractivity contribution in [2.24, 2.45) is 16.8 Å². The van der Waals surface area contributed by atoms with Crippen molar-refractivity contribution >= 4 is 35.8 Å². The first-order chi connectivity index (χ1) is 9.74. The monoisotopic (exact) mass is 408 g/mol. The Bertz CT molecular complexity index is 358. The summed E-state index contributed by atoms with van der Waals surface area (Å²) in [4.78, 5) is 16.0. The lowest BCUT2D eigenvalue weighted by atomic mass is 10.2. The van der Waals surface area contributed by atoms with Gasteiger partial charge in [0.25, 0.3) is 0 Å². The topological polar surface area (TPSA) is 65.5 Å². The van der Waals surface area contributed by atoms with Crippen LogP contribution in [-0.2, 0) is 4.79 Å². The summed E-state index contributed by atoms with van der Waals surface area (Å²) in [5.41, 5.74) is 0. The number of halogens is 1. The van der Waals surface area contributed by atoms with E-state index in [-0.39, 0.29) is 35.8 Å². The van der Waals surface area contributed by atoms with Gasteiger partial charge < -0.3 is 16.0 Å². The third-order valence-corrected chi connectivity index (χ3v) is 3.88. The van der Waals surface area contributed by atoms with E-state index in [0.717, 1.165) is 31.3 Å². The normalized spacial score (nSPS) is 24.0. The van der Waals surface area contributed by atoms with E-state index in [2.05, 4.69) is 34.8 Å². The average Bonchev–Trinajstić information content (AvgIpc) is 3.30. The minimum absolute atomic E-state index is 0. The second kappa shape index (κ2) is 9.48. The Hall–Kier alpha value is -0.530. The Balaban J connectivity index is 0.00000220. The maximum Gasteiger partial charge on any atom is 0.223 e. The van der Waals surface area contributed by atoms with Crippen LogP contribution in [0.15, 0.2) is 4.99 Å². The summed E-state index contributed by atoms with van der Waals surface area (Å²) in [6.07, 6.45) is 5.93. The zero-order valence-corrected chi connectivity index (χ0v) is 15.5. The molecular weight excluding hydrogens is 379 g/mol. The minimum Gasteiger partial charge on any atom is -0.357 e. The predicted octanol–water partition coefficient (Wildman–Crippen LogP) is 1.87. The molecule has 0 aliphatic heterocycles. The van der Waals surface area contributed by atoms with Crippen LogP contribution in [0.5, 0.6) is 0 Å². The number of rotatable bonds is 8. The fourth-order valence-electron chi connectivity index (χ4n) is 2.45. The van der Waals surface area contributed by atoms with Crippen molar-refractivity contribution < 1.29 is 4.79 Å². The van der Waals surface area contributed by atoms with Crippen LogP contribution < -0.4 is 16.0 Å². The van der Waals surface area contributed by atoms with Crippen LogP contribution in [0.4, 0.5) is 0 Å². The molecule has 6 heteroatoms. The van der Waals surface area contributed by atoms with Gasteiger partial charge in [-0.25, -0.2) is 0 Å². The lowest BCUT2D eigenvalue weighted by molar-refractivity contribution is -0.122. The molecule has 2 aliphatic carbocycles. The first-order valence-corrected chi connectivity index (χ1v) is 8.07. The van der Waals surface area contributed by atoms with Crippen molar-refractivity contribution in [1.29, 1.82) is 0 Å². The quantitative estimate of drug-likeness (QED) is 0.249. The molecule has 0 aromatic carbocycles. The molecule has 0 bridgehead atoms. The molecule has 2 fully saturated rings. The molecule has 2 atom stereocenters. The van der Waals surface area contributed by atoms with Gasteiger partial charge in [0.05, 0.1) is 6.54 Å². The number of nitrogens with one attached hydrogen (secondary N) is 3. The van der Waals surface area contributed by atoms with Crippen molar-refractivity contribution in [3.63, 3.8) is 0 Å². The molecule has 2 unspecified atom stereocenters. The molecule has 2 rings (SSSR count). The van der Waals surface area contributed by atoms with Crippen molar-refractivity contribution in [2.45, 2.75) is 52.0 Å². The lowest BCUT2D eigenvalue weighted by Crippen LogP contribution is -2.40. The van der Waals surface area contributed by atoms with Gasteiger partial charge in [-0.05, 0) is 38.5 Å². The average molecular weight is 408 g/mol. The summed E-state index contributed by atoms with van der Waals surface area (Å²) < 4.78 is 0. The molecule has 0 aromatic heterocycles. The zero-order valence-electron chi connectivity index (χ0n) is 13.2. The van der Waals surface area contributed by atoms with Crippen molar-refractivity contribution in [1.82, 2.24) is 16.0 Å². The van der Waals surface area contributed by atoms with Crippen molar-refractivity contribution in [3.05, 3.63) is 0 Å². The van der Waals surface area contributed by atoms with E-state index in [1.165, 1.54) is 19.3 Å². The van der Waals surface area contributed by atoms with E-state index in [9.17, 15) is 4.79 Å². The number of carbonyl (C=O) groups is 1. The fourth-order valence-corrected chi connectivity index (χ4v) is 2.45. The van der Waals surface area contributed by atoms with Crippen molar-refractivity contribution in [2.75, 3.05) is 19.6 Å². The Morgan fingerprint density at radius 3 is 2.62 bits per heavy atom. The first kappa shape index (κ1) is 18.5. The van der Waals surface area contributed by atoms with Crippen LogP contribution in [0.2, 0.25) is 0 Å². The molecule has 122 valence electrons. The van der Waals surface area contributed by atoms with Gasteiger partial charge in [0.2, 0.25) is 5.91 Å². The number of guanidine groups is 1. The zero-order chi connectivity index (χ0) is 14.4. The Morgan fingerprint density at radius 2 is 2.00 bits per heavy atom. The van der Waals surface area contributed by atoms with Crippen LogP contribution in [0, 0.1) is 11.8 Å². The van der Waals surface area contributed by atoms with Gasteiger partial charge in [-0.3, -0.25) is 9.79 Å². The smallest absolute Gasteiger partial charge is 0.223 e. The highest BCUT2D eigenvalue weighted by atomic mass is 127. The fraction of sp³-hybridized carbons (Fsp3) is 0.867. The van der Waals surface area contributed by atoms with Crippen molar-refractivity contribution in [3.8, 4) is 0 Å². The van der Waals surface area contributed by atoms with E-state index in [4.69, 9.17) is 0 Å².